The number of nitrogens with one attached hydrogen (secondary N) is 1. The van der Waals surface area contributed by atoms with Crippen molar-refractivity contribution in [1.82, 2.24) is 4.90 Å². The summed E-state index contributed by atoms with van der Waals surface area (Å²) in [4.78, 5) is 49.3. The molecule has 0 radical (unpaired) electrons. The van der Waals surface area contributed by atoms with Gasteiger partial charge in [0.2, 0.25) is 5.91 Å². The first-order valence-electron chi connectivity index (χ1n) is 9.52. The Balaban J connectivity index is 1.74. The standard InChI is InChI=1S/C22H19IN2O7S/c1-12-3-5-14(6-4-12)24-18(26)10-25-21(29)17(33-22(25)30)9-13-7-15(23)20(16(8-13)31-2)32-11-19(27)28/h3-9H,10-11H2,1-2H3,(H,24,26)(H,27,28)/b17-9-. The molecular weight excluding hydrogens is 563 g/mol. The number of imide groups is 1. The highest BCUT2D eigenvalue weighted by atomic mass is 127. The molecule has 2 aromatic rings. The topological polar surface area (TPSA) is 122 Å². The van der Waals surface area contributed by atoms with Gasteiger partial charge in [-0.1, -0.05) is 17.7 Å². The lowest BCUT2D eigenvalue weighted by Gasteiger charge is -2.13. The third-order valence-electron chi connectivity index (χ3n) is 4.40. The number of anilines is 1. The van der Waals surface area contributed by atoms with Crippen LogP contribution in [0, 0.1) is 10.5 Å². The summed E-state index contributed by atoms with van der Waals surface area (Å²) in [6, 6.07) is 10.4. The lowest BCUT2D eigenvalue weighted by Crippen LogP contribution is -2.36. The van der Waals surface area contributed by atoms with E-state index in [1.165, 1.54) is 13.2 Å². The third kappa shape index (κ3) is 6.26. The highest BCUT2D eigenvalue weighted by Gasteiger charge is 2.36. The summed E-state index contributed by atoms with van der Waals surface area (Å²) >= 11 is 2.69. The Labute approximate surface area is 207 Å². The number of aryl methyl sites for hydroxylation is 1. The van der Waals surface area contributed by atoms with Gasteiger partial charge in [0.05, 0.1) is 15.6 Å². The lowest BCUT2D eigenvalue weighted by molar-refractivity contribution is -0.139. The first kappa shape index (κ1) is 24.6. The molecule has 1 fully saturated rings. The number of methoxy groups -OCH3 is 1. The first-order valence-corrected chi connectivity index (χ1v) is 11.4. The van der Waals surface area contributed by atoms with Gasteiger partial charge in [-0.2, -0.15) is 0 Å². The minimum Gasteiger partial charge on any atom is -0.493 e. The maximum atomic E-state index is 12.7. The Morgan fingerprint density at radius 3 is 2.55 bits per heavy atom. The number of carbonyl (C=O) groups excluding carboxylic acids is 3. The van der Waals surface area contributed by atoms with Crippen molar-refractivity contribution in [2.45, 2.75) is 6.92 Å². The quantitative estimate of drug-likeness (QED) is 0.357. The molecule has 0 bridgehead atoms. The van der Waals surface area contributed by atoms with Gasteiger partial charge < -0.3 is 19.9 Å². The number of ether oxygens (including phenoxy) is 2. The molecule has 2 aromatic carbocycles. The molecule has 3 rings (SSSR count). The van der Waals surface area contributed by atoms with Crippen molar-refractivity contribution in [3.05, 3.63) is 56.0 Å². The Morgan fingerprint density at radius 1 is 1.21 bits per heavy atom. The first-order chi connectivity index (χ1) is 15.7. The Morgan fingerprint density at radius 2 is 1.91 bits per heavy atom. The van der Waals surface area contributed by atoms with E-state index in [2.05, 4.69) is 5.32 Å². The van der Waals surface area contributed by atoms with Gasteiger partial charge in [0, 0.05) is 5.69 Å². The normalized spacial score (nSPS) is 14.5. The maximum Gasteiger partial charge on any atom is 0.341 e. The van der Waals surface area contributed by atoms with Crippen molar-refractivity contribution >= 4 is 69.1 Å². The van der Waals surface area contributed by atoms with E-state index in [4.69, 9.17) is 14.6 Å². The van der Waals surface area contributed by atoms with E-state index in [1.807, 2.05) is 41.6 Å². The van der Waals surface area contributed by atoms with Gasteiger partial charge in [-0.05, 0) is 77.2 Å². The molecule has 172 valence electrons. The van der Waals surface area contributed by atoms with Gasteiger partial charge in [-0.25, -0.2) is 4.79 Å². The van der Waals surface area contributed by atoms with Gasteiger partial charge in [0.15, 0.2) is 18.1 Å². The van der Waals surface area contributed by atoms with Gasteiger partial charge in [-0.3, -0.25) is 19.3 Å². The molecule has 33 heavy (non-hydrogen) atoms. The Bertz CT molecular complexity index is 1150. The SMILES string of the molecule is COc1cc(/C=C2\SC(=O)N(CC(=O)Nc3ccc(C)cc3)C2=O)cc(I)c1OCC(=O)O. The zero-order chi connectivity index (χ0) is 24.1. The summed E-state index contributed by atoms with van der Waals surface area (Å²) in [6.07, 6.45) is 1.51. The molecule has 3 amide bonds. The van der Waals surface area contributed by atoms with Crippen molar-refractivity contribution in [3.8, 4) is 11.5 Å². The second-order valence-corrected chi connectivity index (χ2v) is 9.05. The zero-order valence-electron chi connectivity index (χ0n) is 17.6. The van der Waals surface area contributed by atoms with Crippen LogP contribution in [0.1, 0.15) is 11.1 Å². The van der Waals surface area contributed by atoms with E-state index >= 15 is 0 Å². The minimum atomic E-state index is -1.13. The van der Waals surface area contributed by atoms with Crippen molar-refractivity contribution in [2.75, 3.05) is 25.6 Å². The van der Waals surface area contributed by atoms with Crippen molar-refractivity contribution in [2.24, 2.45) is 0 Å². The number of aliphatic carboxylic acids is 1. The van der Waals surface area contributed by atoms with Crippen LogP contribution in [0.5, 0.6) is 11.5 Å². The number of benzene rings is 2. The molecular formula is C22H19IN2O7S. The molecule has 0 spiro atoms. The van der Waals surface area contributed by atoms with Crippen LogP contribution in [0.15, 0.2) is 41.3 Å². The van der Waals surface area contributed by atoms with Crippen LogP contribution in [-0.2, 0) is 14.4 Å². The smallest absolute Gasteiger partial charge is 0.341 e. The van der Waals surface area contributed by atoms with Gasteiger partial charge in [0.1, 0.15) is 6.54 Å². The third-order valence-corrected chi connectivity index (χ3v) is 6.11. The van der Waals surface area contributed by atoms with Crippen LogP contribution < -0.4 is 14.8 Å². The van der Waals surface area contributed by atoms with Crippen LogP contribution in [0.2, 0.25) is 0 Å². The highest BCUT2D eigenvalue weighted by molar-refractivity contribution is 14.1. The summed E-state index contributed by atoms with van der Waals surface area (Å²) in [5.74, 6) is -1.65. The van der Waals surface area contributed by atoms with Crippen LogP contribution in [0.3, 0.4) is 0 Å². The van der Waals surface area contributed by atoms with Crippen LogP contribution in [0.4, 0.5) is 10.5 Å². The summed E-state index contributed by atoms with van der Waals surface area (Å²) in [7, 11) is 1.41. The summed E-state index contributed by atoms with van der Waals surface area (Å²) in [6.45, 7) is 0.986. The summed E-state index contributed by atoms with van der Waals surface area (Å²) in [5.41, 5.74) is 2.16. The molecule has 0 unspecified atom stereocenters. The monoisotopic (exact) mass is 582 g/mol. The molecule has 0 atom stereocenters. The van der Waals surface area contributed by atoms with Gasteiger partial charge in [-0.15, -0.1) is 0 Å². The molecule has 0 aromatic heterocycles. The average Bonchev–Trinajstić information content (AvgIpc) is 3.01. The fraction of sp³-hybridized carbons (Fsp3) is 0.182. The summed E-state index contributed by atoms with van der Waals surface area (Å²) in [5, 5.41) is 10.9. The van der Waals surface area contributed by atoms with E-state index in [9.17, 15) is 19.2 Å². The molecule has 9 nitrogen and oxygen atoms in total. The molecule has 1 heterocycles. The molecule has 2 N–H and O–H groups in total. The molecule has 1 saturated heterocycles. The lowest BCUT2D eigenvalue weighted by atomic mass is 10.2. The predicted octanol–water partition coefficient (Wildman–Crippen LogP) is 3.75. The number of hydrogen-bond donors (Lipinski definition) is 2. The van der Waals surface area contributed by atoms with Crippen LogP contribution in [0.25, 0.3) is 6.08 Å². The Hall–Kier alpha value is -3.06. The van der Waals surface area contributed by atoms with Crippen molar-refractivity contribution in [1.29, 1.82) is 0 Å². The predicted molar refractivity (Wildman–Crippen MR) is 131 cm³/mol. The van der Waals surface area contributed by atoms with Crippen molar-refractivity contribution in [3.63, 3.8) is 0 Å². The number of hydrogen-bond acceptors (Lipinski definition) is 7. The molecule has 11 heteroatoms. The van der Waals surface area contributed by atoms with E-state index in [1.54, 1.807) is 24.3 Å². The largest absolute Gasteiger partial charge is 0.493 e. The number of amides is 3. The molecule has 1 aliphatic rings. The molecule has 0 aliphatic carbocycles. The van der Waals surface area contributed by atoms with E-state index in [0.29, 0.717) is 14.8 Å². The van der Waals surface area contributed by atoms with E-state index in [0.717, 1.165) is 22.2 Å². The number of carboxylic acid groups (broad SMARTS) is 1. The fourth-order valence-corrected chi connectivity index (χ4v) is 4.49. The average molecular weight is 582 g/mol. The van der Waals surface area contributed by atoms with Gasteiger partial charge >= 0.3 is 5.97 Å². The van der Waals surface area contributed by atoms with Crippen molar-refractivity contribution < 1.29 is 33.8 Å². The van der Waals surface area contributed by atoms with Crippen LogP contribution >= 0.6 is 34.4 Å². The molecule has 0 saturated carbocycles. The number of halogens is 1. The van der Waals surface area contributed by atoms with E-state index < -0.39 is 36.2 Å². The minimum absolute atomic E-state index is 0.153. The number of rotatable bonds is 8. The summed E-state index contributed by atoms with van der Waals surface area (Å²) < 4.78 is 11.1. The number of carbonyl (C=O) groups is 4. The van der Waals surface area contributed by atoms with Gasteiger partial charge in [0.25, 0.3) is 11.1 Å². The number of nitrogens with zero attached hydrogens (tertiary/aromatic N) is 1. The second-order valence-electron chi connectivity index (χ2n) is 6.90. The second kappa shape index (κ2) is 10.7. The fourth-order valence-electron chi connectivity index (χ4n) is 2.87. The van der Waals surface area contributed by atoms with Crippen LogP contribution in [-0.4, -0.2) is 53.3 Å². The maximum absolute atomic E-state index is 12.7. The number of carboxylic acids is 1. The zero-order valence-corrected chi connectivity index (χ0v) is 20.6. The number of thioether (sulfide) groups is 1. The molecule has 1 aliphatic heterocycles. The van der Waals surface area contributed by atoms with E-state index in [-0.39, 0.29) is 16.4 Å². The Kier molecular flexibility index (Phi) is 7.97. The highest BCUT2D eigenvalue weighted by Crippen LogP contribution is 2.37.